The van der Waals surface area contributed by atoms with Gasteiger partial charge in [0.25, 0.3) is 11.8 Å². The lowest BCUT2D eigenvalue weighted by Gasteiger charge is -2.08. The van der Waals surface area contributed by atoms with Gasteiger partial charge in [0, 0.05) is 15.7 Å². The van der Waals surface area contributed by atoms with E-state index in [-0.39, 0.29) is 32.6 Å². The van der Waals surface area contributed by atoms with Crippen LogP contribution < -0.4 is 10.6 Å². The fourth-order valence-electron chi connectivity index (χ4n) is 2.83. The Hall–Kier alpha value is -2.58. The molecular formula is C22H17Cl3N2O4S. The molecule has 1 heterocycles. The third-order valence-electron chi connectivity index (χ3n) is 4.34. The molecule has 0 fully saturated rings. The number of carbonyl (C=O) groups is 3. The predicted molar refractivity (Wildman–Crippen MR) is 129 cm³/mol. The maximum atomic E-state index is 12.9. The number of rotatable bonds is 6. The summed E-state index contributed by atoms with van der Waals surface area (Å²) in [5.41, 5.74) is 1.20. The van der Waals surface area contributed by atoms with Gasteiger partial charge >= 0.3 is 5.97 Å². The molecule has 0 bridgehead atoms. The van der Waals surface area contributed by atoms with Crippen LogP contribution in [0.3, 0.4) is 0 Å². The summed E-state index contributed by atoms with van der Waals surface area (Å²) in [5.74, 6) is -1.64. The van der Waals surface area contributed by atoms with Crippen LogP contribution in [0.5, 0.6) is 0 Å². The molecule has 1 aromatic heterocycles. The van der Waals surface area contributed by atoms with Crippen molar-refractivity contribution in [2.24, 2.45) is 0 Å². The molecule has 2 N–H and O–H groups in total. The molecule has 166 valence electrons. The molecule has 0 aliphatic rings. The van der Waals surface area contributed by atoms with Gasteiger partial charge in [-0.05, 0) is 61.9 Å². The average molecular weight is 512 g/mol. The summed E-state index contributed by atoms with van der Waals surface area (Å²) in [7, 11) is 0. The van der Waals surface area contributed by atoms with Gasteiger partial charge in [-0.15, -0.1) is 11.3 Å². The van der Waals surface area contributed by atoms with Crippen molar-refractivity contribution in [3.8, 4) is 0 Å². The van der Waals surface area contributed by atoms with Crippen LogP contribution in [-0.4, -0.2) is 24.4 Å². The van der Waals surface area contributed by atoms with Crippen LogP contribution in [-0.2, 0) is 4.74 Å². The first-order valence-electron chi connectivity index (χ1n) is 9.35. The molecule has 0 unspecified atom stereocenters. The SMILES string of the molecule is CCOC(=O)c1c(NC(=O)c2ccc(Cl)cc2Cl)sc(C(=O)Nc2ccc(Cl)cc2)c1C. The third kappa shape index (κ3) is 5.42. The molecule has 6 nitrogen and oxygen atoms in total. The highest BCUT2D eigenvalue weighted by molar-refractivity contribution is 7.19. The summed E-state index contributed by atoms with van der Waals surface area (Å²) in [4.78, 5) is 38.5. The van der Waals surface area contributed by atoms with Gasteiger partial charge in [-0.3, -0.25) is 9.59 Å². The lowest BCUT2D eigenvalue weighted by molar-refractivity contribution is 0.0527. The Bertz CT molecular complexity index is 1190. The van der Waals surface area contributed by atoms with Crippen LogP contribution in [0.1, 0.15) is 42.9 Å². The first kappa shape index (κ1) is 24.1. The Kier molecular flexibility index (Phi) is 7.79. The van der Waals surface area contributed by atoms with Crippen LogP contribution in [0.4, 0.5) is 10.7 Å². The number of ether oxygens (including phenoxy) is 1. The second kappa shape index (κ2) is 10.4. The minimum Gasteiger partial charge on any atom is -0.462 e. The van der Waals surface area contributed by atoms with E-state index in [0.29, 0.717) is 21.3 Å². The van der Waals surface area contributed by atoms with E-state index in [9.17, 15) is 14.4 Å². The normalized spacial score (nSPS) is 10.5. The molecule has 0 aliphatic carbocycles. The van der Waals surface area contributed by atoms with Crippen molar-refractivity contribution < 1.29 is 19.1 Å². The molecule has 10 heteroatoms. The van der Waals surface area contributed by atoms with Crippen LogP contribution in [0.15, 0.2) is 42.5 Å². The van der Waals surface area contributed by atoms with E-state index in [1.807, 2.05) is 0 Å². The molecule has 3 rings (SSSR count). The number of carbonyl (C=O) groups excluding carboxylic acids is 3. The van der Waals surface area contributed by atoms with Gasteiger partial charge in [-0.2, -0.15) is 0 Å². The van der Waals surface area contributed by atoms with E-state index in [0.717, 1.165) is 11.3 Å². The minimum absolute atomic E-state index is 0.108. The predicted octanol–water partition coefficient (Wildman–Crippen LogP) is 6.70. The molecule has 2 amide bonds. The van der Waals surface area contributed by atoms with Crippen molar-refractivity contribution in [1.29, 1.82) is 0 Å². The quantitative estimate of drug-likeness (QED) is 0.361. The number of esters is 1. The maximum Gasteiger partial charge on any atom is 0.341 e. The molecule has 3 aromatic rings. The number of benzene rings is 2. The molecule has 2 aromatic carbocycles. The van der Waals surface area contributed by atoms with E-state index >= 15 is 0 Å². The van der Waals surface area contributed by atoms with Gasteiger partial charge in [0.05, 0.1) is 27.6 Å². The Labute approximate surface area is 203 Å². The smallest absolute Gasteiger partial charge is 0.341 e. The maximum absolute atomic E-state index is 12.9. The summed E-state index contributed by atoms with van der Waals surface area (Å²) in [6.07, 6.45) is 0. The van der Waals surface area contributed by atoms with Crippen molar-refractivity contribution in [3.05, 3.63) is 79.1 Å². The third-order valence-corrected chi connectivity index (χ3v) is 6.34. The Morgan fingerprint density at radius 1 is 0.938 bits per heavy atom. The molecule has 32 heavy (non-hydrogen) atoms. The number of hydrogen-bond acceptors (Lipinski definition) is 5. The van der Waals surface area contributed by atoms with Gasteiger partial charge in [0.1, 0.15) is 5.00 Å². The lowest BCUT2D eigenvalue weighted by atomic mass is 10.1. The summed E-state index contributed by atoms with van der Waals surface area (Å²) in [5, 5.41) is 6.67. The standard InChI is InChI=1S/C22H17Cl3N2O4S/c1-3-31-22(30)17-11(2)18(20(29)26-14-7-4-12(23)5-8-14)32-21(17)27-19(28)15-9-6-13(24)10-16(15)25/h4-10H,3H2,1-2H3,(H,26,29)(H,27,28). The summed E-state index contributed by atoms with van der Waals surface area (Å²) >= 11 is 18.9. The van der Waals surface area contributed by atoms with E-state index in [2.05, 4.69) is 10.6 Å². The van der Waals surface area contributed by atoms with Crippen LogP contribution in [0.2, 0.25) is 15.1 Å². The number of thiophene rings is 1. The van der Waals surface area contributed by atoms with Crippen molar-refractivity contribution in [3.63, 3.8) is 0 Å². The molecule has 0 spiro atoms. The highest BCUT2D eigenvalue weighted by Gasteiger charge is 2.27. The van der Waals surface area contributed by atoms with Crippen LogP contribution in [0, 0.1) is 6.92 Å². The Morgan fingerprint density at radius 2 is 1.59 bits per heavy atom. The van der Waals surface area contributed by atoms with Crippen molar-refractivity contribution in [1.82, 2.24) is 0 Å². The minimum atomic E-state index is -0.649. The number of nitrogens with one attached hydrogen (secondary N) is 2. The molecule has 0 atom stereocenters. The van der Waals surface area contributed by atoms with Gasteiger partial charge in [0.2, 0.25) is 0 Å². The molecule has 0 radical (unpaired) electrons. The number of anilines is 2. The van der Waals surface area contributed by atoms with E-state index in [1.165, 1.54) is 18.2 Å². The van der Waals surface area contributed by atoms with Crippen molar-refractivity contribution >= 4 is 74.6 Å². The second-order valence-corrected chi connectivity index (χ2v) is 8.82. The topological polar surface area (TPSA) is 84.5 Å². The zero-order valence-corrected chi connectivity index (χ0v) is 20.0. The van der Waals surface area contributed by atoms with Crippen LogP contribution >= 0.6 is 46.1 Å². The lowest BCUT2D eigenvalue weighted by Crippen LogP contribution is -2.15. The zero-order valence-electron chi connectivity index (χ0n) is 16.9. The highest BCUT2D eigenvalue weighted by Crippen LogP contribution is 2.35. The first-order chi connectivity index (χ1) is 15.2. The second-order valence-electron chi connectivity index (χ2n) is 6.52. The van der Waals surface area contributed by atoms with Gasteiger partial charge in [-0.25, -0.2) is 4.79 Å². The molecule has 0 aliphatic heterocycles. The first-order valence-corrected chi connectivity index (χ1v) is 11.3. The summed E-state index contributed by atoms with van der Waals surface area (Å²) in [6, 6.07) is 11.0. The fourth-order valence-corrected chi connectivity index (χ4v) is 4.54. The molecule has 0 saturated carbocycles. The van der Waals surface area contributed by atoms with Crippen molar-refractivity contribution in [2.45, 2.75) is 13.8 Å². The highest BCUT2D eigenvalue weighted by atomic mass is 35.5. The summed E-state index contributed by atoms with van der Waals surface area (Å²) < 4.78 is 5.13. The number of halogens is 3. The zero-order chi connectivity index (χ0) is 23.4. The van der Waals surface area contributed by atoms with E-state index in [4.69, 9.17) is 39.5 Å². The molecule has 0 saturated heterocycles. The fraction of sp³-hybridized carbons (Fsp3) is 0.136. The average Bonchev–Trinajstić information content (AvgIpc) is 3.05. The number of hydrogen-bond donors (Lipinski definition) is 2. The number of amides is 2. The Morgan fingerprint density at radius 3 is 2.22 bits per heavy atom. The van der Waals surface area contributed by atoms with E-state index < -0.39 is 17.8 Å². The van der Waals surface area contributed by atoms with Gasteiger partial charge in [0.15, 0.2) is 0 Å². The van der Waals surface area contributed by atoms with Crippen LogP contribution in [0.25, 0.3) is 0 Å². The van der Waals surface area contributed by atoms with Crippen molar-refractivity contribution in [2.75, 3.05) is 17.2 Å². The summed E-state index contributed by atoms with van der Waals surface area (Å²) in [6.45, 7) is 3.42. The van der Waals surface area contributed by atoms with Gasteiger partial charge in [-0.1, -0.05) is 34.8 Å². The monoisotopic (exact) mass is 510 g/mol. The van der Waals surface area contributed by atoms with E-state index in [1.54, 1.807) is 38.1 Å². The Balaban J connectivity index is 1.95. The largest absolute Gasteiger partial charge is 0.462 e. The molecular weight excluding hydrogens is 495 g/mol. The van der Waals surface area contributed by atoms with Gasteiger partial charge < -0.3 is 15.4 Å².